The van der Waals surface area contributed by atoms with Crippen LogP contribution in [0.3, 0.4) is 0 Å². The van der Waals surface area contributed by atoms with Crippen LogP contribution >= 0.6 is 0 Å². The Labute approximate surface area is 396 Å². The van der Waals surface area contributed by atoms with Gasteiger partial charge in [0.2, 0.25) is 6.29 Å². The number of carbonyl (C=O) groups excluding carboxylic acids is 2. The maximum atomic E-state index is 15.0. The maximum Gasteiger partial charge on any atom is 0.314 e. The van der Waals surface area contributed by atoms with Crippen LogP contribution < -0.4 is 0 Å². The first-order valence-corrected chi connectivity index (χ1v) is 24.5. The summed E-state index contributed by atoms with van der Waals surface area (Å²) in [6.07, 6.45) is -21.1. The molecule has 20 heteroatoms. The van der Waals surface area contributed by atoms with E-state index in [0.717, 1.165) is 6.29 Å². The average Bonchev–Trinajstić information content (AvgIpc) is 3.72. The summed E-state index contributed by atoms with van der Waals surface area (Å²) in [7, 11) is 0. The van der Waals surface area contributed by atoms with Crippen molar-refractivity contribution < 1.29 is 99.3 Å². The van der Waals surface area contributed by atoms with Gasteiger partial charge >= 0.3 is 5.97 Å². The van der Waals surface area contributed by atoms with E-state index < -0.39 is 157 Å². The van der Waals surface area contributed by atoms with Gasteiger partial charge in [0.05, 0.1) is 49.0 Å². The van der Waals surface area contributed by atoms with Crippen molar-refractivity contribution in [1.29, 1.82) is 0 Å². The number of aliphatic hydroxyl groups is 12. The average molecular weight is 973 g/mol. The first-order chi connectivity index (χ1) is 31.9. The maximum absolute atomic E-state index is 15.0. The lowest BCUT2D eigenvalue weighted by Crippen LogP contribution is -2.70. The molecule has 0 bridgehead atoms. The fraction of sp³-hybridized carbons (Fsp3) is 0.917. The van der Waals surface area contributed by atoms with E-state index in [4.69, 9.17) is 28.4 Å². The van der Waals surface area contributed by atoms with Gasteiger partial charge in [-0.1, -0.05) is 34.3 Å². The number of hydrogen-bond donors (Lipinski definition) is 12. The predicted molar refractivity (Wildman–Crippen MR) is 232 cm³/mol. The van der Waals surface area contributed by atoms with E-state index in [9.17, 15) is 70.9 Å². The van der Waals surface area contributed by atoms with Crippen LogP contribution in [0.2, 0.25) is 0 Å². The number of esters is 1. The van der Waals surface area contributed by atoms with E-state index in [1.54, 1.807) is 0 Å². The number of ether oxygens (including phenoxy) is 6. The summed E-state index contributed by atoms with van der Waals surface area (Å²) >= 11 is 0. The largest absolute Gasteiger partial charge is 0.432 e. The van der Waals surface area contributed by atoms with Crippen molar-refractivity contribution in [3.8, 4) is 0 Å². The Kier molecular flexibility index (Phi) is 14.6. The summed E-state index contributed by atoms with van der Waals surface area (Å²) in [6.45, 7) is 12.3. The Morgan fingerprint density at radius 3 is 2.01 bits per heavy atom. The fourth-order valence-electron chi connectivity index (χ4n) is 15.7. The quantitative estimate of drug-likeness (QED) is 0.0614. The van der Waals surface area contributed by atoms with Crippen LogP contribution in [0.1, 0.15) is 92.4 Å². The van der Waals surface area contributed by atoms with Crippen LogP contribution in [-0.4, -0.2) is 198 Å². The van der Waals surface area contributed by atoms with Gasteiger partial charge in [0.15, 0.2) is 12.6 Å². The molecule has 12 N–H and O–H groups in total. The monoisotopic (exact) mass is 972 g/mol. The highest BCUT2D eigenvalue weighted by atomic mass is 16.8. The molecule has 3 heterocycles. The SMILES string of the molecule is C=C(CO)[C@@H]1CC[C@]2(C(=O)O[C@H]3O[C@@H](CO[C@H]4O[C@@H](CO)[C@H](O[C@H]5O[C@@H](C)[C@H](O)[C@@H](O)[C@H]5O)[C@@H](O)[C@@H]4O)[C@H](O)[C@@H](O)[C@@H]3O)CC[C@]3(C)[C@H](C[C@@H](O)[C@@H]4[C@@]5(C)CC[C@@H](O)[C@@](C)(C=O)[C@@H]5CC[C@]43C)[C@@H]12. The molecule has 0 spiro atoms. The highest BCUT2D eigenvalue weighted by Gasteiger charge is 2.74. The van der Waals surface area contributed by atoms with Gasteiger partial charge in [-0.2, -0.15) is 0 Å². The highest BCUT2D eigenvalue weighted by Crippen LogP contribution is 2.77. The van der Waals surface area contributed by atoms with Gasteiger partial charge in [-0.25, -0.2) is 0 Å². The van der Waals surface area contributed by atoms with Crippen molar-refractivity contribution in [2.75, 3.05) is 19.8 Å². The van der Waals surface area contributed by atoms with Gasteiger partial charge in [-0.15, -0.1) is 0 Å². The number of rotatable bonds is 11. The Balaban J connectivity index is 0.988. The second-order valence-electron chi connectivity index (χ2n) is 22.7. The number of aliphatic hydroxyl groups excluding tert-OH is 12. The molecular weight excluding hydrogens is 897 g/mol. The standard InChI is InChI=1S/C48H76O20/c1-20(16-49)22-7-12-48(14-13-46(5)23(29(22)48)15-24(52)39-44(3)10-9-28(53)45(4,19-51)27(44)8-11-47(39,46)6)43(62)68-42-36(60)33(57)31(55)26(66-42)18-63-40-37(61)34(58)38(25(17-50)65-40)67-41-35(59)32(56)30(54)21(2)64-41/h19,21-42,49-50,52-61H,1,7-18H2,2-6H3/t21-,22-,23+,24+,25-,26-,27+,28+,29+,30-,31-,32+,33+,34-,35+,36-,37-,38-,39+,40-,41+,42+,44-,45-,46+,47+,48-/m0/s1. The van der Waals surface area contributed by atoms with Crippen LogP contribution in [0, 0.1) is 56.7 Å². The van der Waals surface area contributed by atoms with Crippen molar-refractivity contribution in [2.45, 2.75) is 197 Å². The van der Waals surface area contributed by atoms with Gasteiger partial charge in [0.25, 0.3) is 0 Å². The van der Waals surface area contributed by atoms with E-state index >= 15 is 0 Å². The van der Waals surface area contributed by atoms with Crippen molar-refractivity contribution in [3.05, 3.63) is 12.2 Å². The first-order valence-electron chi connectivity index (χ1n) is 24.5. The van der Waals surface area contributed by atoms with Gasteiger partial charge in [0, 0.05) is 0 Å². The molecule has 8 fully saturated rings. The lowest BCUT2D eigenvalue weighted by Gasteiger charge is -2.73. The smallest absolute Gasteiger partial charge is 0.314 e. The summed E-state index contributed by atoms with van der Waals surface area (Å²) in [5.41, 5.74) is -2.97. The molecule has 0 radical (unpaired) electrons. The third kappa shape index (κ3) is 7.90. The molecule has 0 aromatic heterocycles. The molecule has 8 rings (SSSR count). The molecule has 5 aliphatic carbocycles. The normalized spacial score (nSPS) is 55.8. The fourth-order valence-corrected chi connectivity index (χ4v) is 15.7. The van der Waals surface area contributed by atoms with Crippen molar-refractivity contribution >= 4 is 12.3 Å². The Morgan fingerprint density at radius 2 is 1.35 bits per heavy atom. The highest BCUT2D eigenvalue weighted by molar-refractivity contribution is 5.78. The minimum absolute atomic E-state index is 0.147. The summed E-state index contributed by atoms with van der Waals surface area (Å²) in [6, 6.07) is 0. The molecular formula is C48H76O20. The summed E-state index contributed by atoms with van der Waals surface area (Å²) in [4.78, 5) is 27.7. The zero-order valence-corrected chi connectivity index (χ0v) is 39.6. The predicted octanol–water partition coefficient (Wildman–Crippen LogP) is -1.85. The van der Waals surface area contributed by atoms with Crippen LogP contribution in [0.5, 0.6) is 0 Å². The van der Waals surface area contributed by atoms with Gasteiger partial charge in [-0.3, -0.25) is 4.79 Å². The topological polar surface area (TPSA) is 332 Å². The summed E-state index contributed by atoms with van der Waals surface area (Å²) in [5.74, 6) is -2.15. The molecule has 0 aromatic rings. The first kappa shape index (κ1) is 52.5. The molecule has 20 nitrogen and oxygen atoms in total. The Morgan fingerprint density at radius 1 is 0.706 bits per heavy atom. The molecule has 68 heavy (non-hydrogen) atoms. The Bertz CT molecular complexity index is 1860. The minimum atomic E-state index is -1.92. The van der Waals surface area contributed by atoms with Gasteiger partial charge in [-0.05, 0) is 116 Å². The number of carbonyl (C=O) groups is 2. The molecule has 0 unspecified atom stereocenters. The molecule has 3 aliphatic heterocycles. The molecule has 27 atom stereocenters. The number of hydrogen-bond acceptors (Lipinski definition) is 20. The molecule has 0 aromatic carbocycles. The zero-order valence-electron chi connectivity index (χ0n) is 39.6. The molecule has 3 saturated heterocycles. The molecule has 5 saturated carbocycles. The van der Waals surface area contributed by atoms with E-state index in [2.05, 4.69) is 27.4 Å². The molecule has 8 aliphatic rings. The van der Waals surface area contributed by atoms with Crippen molar-refractivity contribution in [1.82, 2.24) is 0 Å². The number of aldehydes is 1. The van der Waals surface area contributed by atoms with E-state index in [-0.39, 0.29) is 30.3 Å². The lowest BCUT2D eigenvalue weighted by atomic mass is 9.31. The third-order valence-electron chi connectivity index (χ3n) is 19.7. The Hall–Kier alpha value is -1.80. The second kappa shape index (κ2) is 18.9. The summed E-state index contributed by atoms with van der Waals surface area (Å²) < 4.78 is 34.5. The molecule has 388 valence electrons. The lowest BCUT2D eigenvalue weighted by molar-refractivity contribution is -0.361. The van der Waals surface area contributed by atoms with Gasteiger partial charge < -0.3 is 94.5 Å². The van der Waals surface area contributed by atoms with Crippen LogP contribution in [0.15, 0.2) is 12.2 Å². The van der Waals surface area contributed by atoms with E-state index in [0.29, 0.717) is 63.4 Å². The number of fused-ring (bicyclic) bond motifs is 7. The van der Waals surface area contributed by atoms with Crippen molar-refractivity contribution in [2.24, 2.45) is 56.7 Å². The third-order valence-corrected chi connectivity index (χ3v) is 19.7. The second-order valence-corrected chi connectivity index (χ2v) is 22.7. The van der Waals surface area contributed by atoms with Crippen LogP contribution in [0.25, 0.3) is 0 Å². The van der Waals surface area contributed by atoms with E-state index in [1.165, 1.54) is 6.92 Å². The summed E-state index contributed by atoms with van der Waals surface area (Å²) in [5, 5.41) is 131. The molecule has 0 amide bonds. The van der Waals surface area contributed by atoms with Gasteiger partial charge in [0.1, 0.15) is 73.4 Å². The van der Waals surface area contributed by atoms with Crippen LogP contribution in [-0.2, 0) is 38.0 Å². The van der Waals surface area contributed by atoms with E-state index in [1.807, 2.05) is 6.92 Å². The van der Waals surface area contributed by atoms with Crippen molar-refractivity contribution in [3.63, 3.8) is 0 Å². The minimum Gasteiger partial charge on any atom is -0.432 e. The zero-order chi connectivity index (χ0) is 49.8. The van der Waals surface area contributed by atoms with Crippen LogP contribution in [0.4, 0.5) is 0 Å².